The number of primary sulfonamides is 1. The molecule has 1 fully saturated rings. The zero-order valence-electron chi connectivity index (χ0n) is 14.4. The molecule has 0 saturated carbocycles. The molecule has 144 valence electrons. The van der Waals surface area contributed by atoms with Gasteiger partial charge in [0.15, 0.2) is 0 Å². The number of carbonyl (C=O) groups is 1. The van der Waals surface area contributed by atoms with Crippen LogP contribution in [-0.4, -0.2) is 58.1 Å². The highest BCUT2D eigenvalue weighted by atomic mass is 32.2. The van der Waals surface area contributed by atoms with Crippen LogP contribution in [0.15, 0.2) is 64.4 Å². The van der Waals surface area contributed by atoms with E-state index < -0.39 is 20.0 Å². The molecule has 0 atom stereocenters. The second-order valence-electron chi connectivity index (χ2n) is 6.08. The van der Waals surface area contributed by atoms with Crippen molar-refractivity contribution in [3.05, 3.63) is 60.2 Å². The molecule has 10 heteroatoms. The number of benzene rings is 2. The maximum atomic E-state index is 12.6. The van der Waals surface area contributed by atoms with Gasteiger partial charge in [-0.1, -0.05) is 18.2 Å². The molecule has 2 aromatic rings. The number of hydrogen-bond donors (Lipinski definition) is 1. The smallest absolute Gasteiger partial charge is 0.253 e. The molecular formula is C17H19N3O5S2. The highest BCUT2D eigenvalue weighted by Gasteiger charge is 2.30. The summed E-state index contributed by atoms with van der Waals surface area (Å²) in [6.45, 7) is 0.889. The van der Waals surface area contributed by atoms with Gasteiger partial charge in [0, 0.05) is 31.7 Å². The van der Waals surface area contributed by atoms with E-state index in [0.29, 0.717) is 5.56 Å². The zero-order chi connectivity index (χ0) is 19.7. The first-order chi connectivity index (χ1) is 12.7. The summed E-state index contributed by atoms with van der Waals surface area (Å²) in [7, 11) is -7.40. The third-order valence-electron chi connectivity index (χ3n) is 4.34. The Hall–Kier alpha value is -2.27. The first kappa shape index (κ1) is 19.5. The van der Waals surface area contributed by atoms with E-state index in [0.717, 1.165) is 0 Å². The predicted octanol–water partition coefficient (Wildman–Crippen LogP) is 0.481. The normalized spacial score (nSPS) is 16.3. The van der Waals surface area contributed by atoms with E-state index in [-0.39, 0.29) is 41.9 Å². The van der Waals surface area contributed by atoms with Crippen LogP contribution in [0.3, 0.4) is 0 Å². The summed E-state index contributed by atoms with van der Waals surface area (Å²) >= 11 is 0. The summed E-state index contributed by atoms with van der Waals surface area (Å²) in [5, 5.41) is 5.04. The van der Waals surface area contributed by atoms with Gasteiger partial charge in [-0.05, 0) is 36.4 Å². The number of piperazine rings is 1. The molecule has 0 radical (unpaired) electrons. The molecule has 2 N–H and O–H groups in total. The minimum Gasteiger partial charge on any atom is -0.336 e. The number of nitrogens with zero attached hydrogens (tertiary/aromatic N) is 2. The summed E-state index contributed by atoms with van der Waals surface area (Å²) < 4.78 is 49.2. The molecule has 1 aliphatic heterocycles. The summed E-state index contributed by atoms with van der Waals surface area (Å²) in [6.07, 6.45) is 0. The zero-order valence-corrected chi connectivity index (χ0v) is 16.0. The number of carbonyl (C=O) groups excluding carboxylic acids is 1. The number of rotatable bonds is 4. The van der Waals surface area contributed by atoms with Crippen LogP contribution >= 0.6 is 0 Å². The van der Waals surface area contributed by atoms with E-state index in [1.165, 1.54) is 28.6 Å². The number of hydrogen-bond acceptors (Lipinski definition) is 5. The van der Waals surface area contributed by atoms with Crippen LogP contribution in [0.5, 0.6) is 0 Å². The Bertz CT molecular complexity index is 1030. The highest BCUT2D eigenvalue weighted by molar-refractivity contribution is 7.89. The molecule has 0 spiro atoms. The van der Waals surface area contributed by atoms with Gasteiger partial charge in [-0.3, -0.25) is 4.79 Å². The second-order valence-corrected chi connectivity index (χ2v) is 9.58. The van der Waals surface area contributed by atoms with Gasteiger partial charge in [-0.25, -0.2) is 22.0 Å². The van der Waals surface area contributed by atoms with Crippen molar-refractivity contribution in [2.24, 2.45) is 5.14 Å². The van der Waals surface area contributed by atoms with Crippen LogP contribution in [0.2, 0.25) is 0 Å². The van der Waals surface area contributed by atoms with E-state index in [2.05, 4.69) is 0 Å². The van der Waals surface area contributed by atoms with Gasteiger partial charge < -0.3 is 4.90 Å². The Morgan fingerprint density at radius 1 is 0.778 bits per heavy atom. The van der Waals surface area contributed by atoms with Crippen LogP contribution in [0.4, 0.5) is 0 Å². The predicted molar refractivity (Wildman–Crippen MR) is 98.9 cm³/mol. The van der Waals surface area contributed by atoms with E-state index in [4.69, 9.17) is 5.14 Å². The molecule has 1 saturated heterocycles. The molecule has 0 aromatic heterocycles. The van der Waals surface area contributed by atoms with Gasteiger partial charge >= 0.3 is 0 Å². The molecule has 0 bridgehead atoms. The average molecular weight is 409 g/mol. The lowest BCUT2D eigenvalue weighted by molar-refractivity contribution is 0.0698. The van der Waals surface area contributed by atoms with E-state index in [9.17, 15) is 21.6 Å². The molecule has 1 heterocycles. The monoisotopic (exact) mass is 409 g/mol. The van der Waals surface area contributed by atoms with Gasteiger partial charge in [0.25, 0.3) is 5.91 Å². The van der Waals surface area contributed by atoms with Crippen molar-refractivity contribution in [3.63, 3.8) is 0 Å². The maximum absolute atomic E-state index is 12.6. The van der Waals surface area contributed by atoms with Crippen molar-refractivity contribution in [1.29, 1.82) is 0 Å². The van der Waals surface area contributed by atoms with Crippen LogP contribution in [0.1, 0.15) is 10.4 Å². The summed E-state index contributed by atoms with van der Waals surface area (Å²) in [6, 6.07) is 13.5. The Morgan fingerprint density at radius 3 is 1.85 bits per heavy atom. The first-order valence-electron chi connectivity index (χ1n) is 8.17. The van der Waals surface area contributed by atoms with Gasteiger partial charge in [0.1, 0.15) is 0 Å². The summed E-state index contributed by atoms with van der Waals surface area (Å²) in [4.78, 5) is 14.3. The second kappa shape index (κ2) is 7.39. The van der Waals surface area contributed by atoms with E-state index >= 15 is 0 Å². The fourth-order valence-corrected chi connectivity index (χ4v) is 4.80. The molecule has 1 aliphatic rings. The Morgan fingerprint density at radius 2 is 1.33 bits per heavy atom. The van der Waals surface area contributed by atoms with Gasteiger partial charge in [0.2, 0.25) is 20.0 Å². The first-order valence-corrected chi connectivity index (χ1v) is 11.2. The summed E-state index contributed by atoms with van der Waals surface area (Å²) in [5.41, 5.74) is 0.321. The van der Waals surface area contributed by atoms with Gasteiger partial charge in [0.05, 0.1) is 9.79 Å². The Labute approximate surface area is 158 Å². The fourth-order valence-electron chi connectivity index (χ4n) is 2.84. The van der Waals surface area contributed by atoms with Crippen molar-refractivity contribution in [1.82, 2.24) is 9.21 Å². The van der Waals surface area contributed by atoms with Gasteiger partial charge in [-0.2, -0.15) is 4.31 Å². The molecule has 0 aliphatic carbocycles. The van der Waals surface area contributed by atoms with Crippen molar-refractivity contribution >= 4 is 26.0 Å². The number of amides is 1. The molecule has 1 amide bonds. The molecule has 27 heavy (non-hydrogen) atoms. The molecule has 8 nitrogen and oxygen atoms in total. The fraction of sp³-hybridized carbons (Fsp3) is 0.235. The van der Waals surface area contributed by atoms with Crippen molar-refractivity contribution in [3.8, 4) is 0 Å². The van der Waals surface area contributed by atoms with Crippen molar-refractivity contribution in [2.45, 2.75) is 9.79 Å². The quantitative estimate of drug-likeness (QED) is 0.788. The lowest BCUT2D eigenvalue weighted by Crippen LogP contribution is -2.50. The molecule has 3 rings (SSSR count). The van der Waals surface area contributed by atoms with Crippen LogP contribution in [0, 0.1) is 0 Å². The number of sulfonamides is 2. The van der Waals surface area contributed by atoms with Crippen LogP contribution in [-0.2, 0) is 20.0 Å². The SMILES string of the molecule is NS(=O)(=O)c1ccc(C(=O)N2CCN(S(=O)(=O)c3ccccc3)CC2)cc1. The molecule has 0 unspecified atom stereocenters. The standard InChI is InChI=1S/C17H19N3O5S2/c18-26(22,23)15-8-6-14(7-9-15)17(21)19-10-12-20(13-11-19)27(24,25)16-4-2-1-3-5-16/h1-9H,10-13H2,(H2,18,22,23). The Kier molecular flexibility index (Phi) is 5.33. The maximum Gasteiger partial charge on any atom is 0.253 e. The van der Waals surface area contributed by atoms with Crippen LogP contribution < -0.4 is 5.14 Å². The Balaban J connectivity index is 1.68. The number of nitrogens with two attached hydrogens (primary N) is 1. The lowest BCUT2D eigenvalue weighted by atomic mass is 10.2. The summed E-state index contributed by atoms with van der Waals surface area (Å²) in [5.74, 6) is -0.285. The van der Waals surface area contributed by atoms with Gasteiger partial charge in [-0.15, -0.1) is 0 Å². The lowest BCUT2D eigenvalue weighted by Gasteiger charge is -2.34. The molecule has 2 aromatic carbocycles. The topological polar surface area (TPSA) is 118 Å². The van der Waals surface area contributed by atoms with Crippen molar-refractivity contribution < 1.29 is 21.6 Å². The largest absolute Gasteiger partial charge is 0.336 e. The van der Waals surface area contributed by atoms with Crippen molar-refractivity contribution in [2.75, 3.05) is 26.2 Å². The minimum atomic E-state index is -3.82. The van der Waals surface area contributed by atoms with E-state index in [1.54, 1.807) is 35.2 Å². The average Bonchev–Trinajstić information content (AvgIpc) is 2.67. The van der Waals surface area contributed by atoms with Crippen LogP contribution in [0.25, 0.3) is 0 Å². The third-order valence-corrected chi connectivity index (χ3v) is 7.18. The minimum absolute atomic E-state index is 0.0715. The van der Waals surface area contributed by atoms with E-state index in [1.807, 2.05) is 0 Å². The third kappa shape index (κ3) is 4.19. The highest BCUT2D eigenvalue weighted by Crippen LogP contribution is 2.18. The molecular weight excluding hydrogens is 390 g/mol.